The number of anilines is 1. The topological polar surface area (TPSA) is 68.5 Å². The maximum absolute atomic E-state index is 4.49. The predicted octanol–water partition coefficient (Wildman–Crippen LogP) is 2.47. The van der Waals surface area contributed by atoms with Gasteiger partial charge < -0.3 is 5.32 Å². The largest absolute Gasteiger partial charge is 0.354 e. The zero-order valence-corrected chi connectivity index (χ0v) is 12.7. The molecule has 7 heteroatoms. The Kier molecular flexibility index (Phi) is 4.20. The second kappa shape index (κ2) is 6.45. The molecule has 0 unspecified atom stereocenters. The molecule has 0 aromatic carbocycles. The van der Waals surface area contributed by atoms with E-state index in [1.54, 1.807) is 31.1 Å². The van der Waals surface area contributed by atoms with Crippen LogP contribution in [0, 0.1) is 0 Å². The Bertz CT molecular complexity index is 699. The fourth-order valence-electron chi connectivity index (χ4n) is 1.88. The lowest BCUT2D eigenvalue weighted by Gasteiger charge is -2.08. The van der Waals surface area contributed by atoms with Crippen molar-refractivity contribution in [1.29, 1.82) is 0 Å². The van der Waals surface area contributed by atoms with Crippen LogP contribution in [0.25, 0.3) is 5.82 Å². The van der Waals surface area contributed by atoms with Crippen molar-refractivity contribution >= 4 is 21.9 Å². The van der Waals surface area contributed by atoms with Crippen LogP contribution >= 0.6 is 15.9 Å². The summed E-state index contributed by atoms with van der Waals surface area (Å²) in [6.45, 7) is 0.759. The van der Waals surface area contributed by atoms with Crippen LogP contribution in [-0.4, -0.2) is 31.0 Å². The van der Waals surface area contributed by atoms with E-state index >= 15 is 0 Å². The van der Waals surface area contributed by atoms with Crippen LogP contribution in [0.3, 0.4) is 0 Å². The van der Waals surface area contributed by atoms with Gasteiger partial charge in [0, 0.05) is 37.5 Å². The molecule has 0 aliphatic rings. The molecule has 0 radical (unpaired) electrons. The van der Waals surface area contributed by atoms with E-state index < -0.39 is 0 Å². The summed E-state index contributed by atoms with van der Waals surface area (Å²) >= 11 is 3.45. The zero-order valence-electron chi connectivity index (χ0n) is 11.1. The van der Waals surface area contributed by atoms with Gasteiger partial charge in [0.2, 0.25) is 5.95 Å². The Morgan fingerprint density at radius 2 is 2.00 bits per heavy atom. The predicted molar refractivity (Wildman–Crippen MR) is 83.3 cm³/mol. The van der Waals surface area contributed by atoms with Gasteiger partial charge in [0.1, 0.15) is 6.33 Å². The van der Waals surface area contributed by atoms with Crippen LogP contribution in [0.4, 0.5) is 5.95 Å². The Labute approximate surface area is 130 Å². The fraction of sp³-hybridized carbons (Fsp3) is 0.143. The van der Waals surface area contributed by atoms with Gasteiger partial charge in [-0.25, -0.2) is 9.97 Å². The number of nitrogens with zero attached hydrogens (tertiary/aromatic N) is 5. The normalized spacial score (nSPS) is 10.5. The van der Waals surface area contributed by atoms with Crippen molar-refractivity contribution in [2.45, 2.75) is 6.42 Å². The summed E-state index contributed by atoms with van der Waals surface area (Å²) in [5.41, 5.74) is 1.23. The van der Waals surface area contributed by atoms with Crippen LogP contribution in [0.5, 0.6) is 0 Å². The molecule has 1 N–H and O–H groups in total. The van der Waals surface area contributed by atoms with Gasteiger partial charge in [-0.15, -0.1) is 0 Å². The lowest BCUT2D eigenvalue weighted by atomic mass is 10.2. The molecule has 0 saturated heterocycles. The van der Waals surface area contributed by atoms with Crippen molar-refractivity contribution in [3.63, 3.8) is 0 Å². The van der Waals surface area contributed by atoms with Crippen molar-refractivity contribution in [3.05, 3.63) is 59.5 Å². The minimum absolute atomic E-state index is 0.593. The van der Waals surface area contributed by atoms with E-state index in [2.05, 4.69) is 41.2 Å². The minimum atomic E-state index is 0.593. The highest BCUT2D eigenvalue weighted by Crippen LogP contribution is 2.18. The number of imidazole rings is 1. The first-order chi connectivity index (χ1) is 10.3. The van der Waals surface area contributed by atoms with Crippen molar-refractivity contribution in [2.24, 2.45) is 0 Å². The molecule has 3 rings (SSSR count). The van der Waals surface area contributed by atoms with E-state index in [9.17, 15) is 0 Å². The first-order valence-corrected chi connectivity index (χ1v) is 7.26. The number of rotatable bonds is 5. The summed E-state index contributed by atoms with van der Waals surface area (Å²) in [5, 5.41) is 3.23. The summed E-state index contributed by atoms with van der Waals surface area (Å²) in [6.07, 6.45) is 11.5. The molecular weight excluding hydrogens is 332 g/mol. The average Bonchev–Trinajstić information content (AvgIpc) is 3.04. The summed E-state index contributed by atoms with van der Waals surface area (Å²) in [6, 6.07) is 4.00. The molecule has 0 spiro atoms. The van der Waals surface area contributed by atoms with Crippen molar-refractivity contribution < 1.29 is 0 Å². The van der Waals surface area contributed by atoms with Gasteiger partial charge in [0.15, 0.2) is 5.82 Å². The molecule has 6 nitrogen and oxygen atoms in total. The minimum Gasteiger partial charge on any atom is -0.354 e. The van der Waals surface area contributed by atoms with Crippen LogP contribution in [0.15, 0.2) is 53.9 Å². The first kappa shape index (κ1) is 13.7. The monoisotopic (exact) mass is 344 g/mol. The summed E-state index contributed by atoms with van der Waals surface area (Å²) in [4.78, 5) is 16.8. The second-order valence-electron chi connectivity index (χ2n) is 4.37. The number of nitrogens with one attached hydrogen (secondary N) is 1. The quantitative estimate of drug-likeness (QED) is 0.769. The zero-order chi connectivity index (χ0) is 14.5. The van der Waals surface area contributed by atoms with Crippen LogP contribution in [-0.2, 0) is 6.42 Å². The molecule has 106 valence electrons. The first-order valence-electron chi connectivity index (χ1n) is 6.46. The highest BCUT2D eigenvalue weighted by atomic mass is 79.9. The molecule has 0 atom stereocenters. The van der Waals surface area contributed by atoms with Crippen LogP contribution in [0.2, 0.25) is 0 Å². The Morgan fingerprint density at radius 1 is 1.14 bits per heavy atom. The van der Waals surface area contributed by atoms with E-state index in [1.807, 2.05) is 22.9 Å². The SMILES string of the molecule is Brc1cnc(NCCc2ccncc2)nc1-n1ccnc1. The average molecular weight is 345 g/mol. The lowest BCUT2D eigenvalue weighted by molar-refractivity contribution is 0.934. The Hall–Kier alpha value is -2.28. The third-order valence-corrected chi connectivity index (χ3v) is 3.48. The van der Waals surface area contributed by atoms with Gasteiger partial charge in [-0.3, -0.25) is 9.55 Å². The van der Waals surface area contributed by atoms with E-state index in [1.165, 1.54) is 5.56 Å². The third-order valence-electron chi connectivity index (χ3n) is 2.92. The highest BCUT2D eigenvalue weighted by Gasteiger charge is 2.06. The van der Waals surface area contributed by atoms with Crippen molar-refractivity contribution in [1.82, 2.24) is 24.5 Å². The maximum atomic E-state index is 4.49. The molecule has 0 saturated carbocycles. The summed E-state index contributed by atoms with van der Waals surface area (Å²) < 4.78 is 2.65. The Balaban J connectivity index is 1.68. The number of aromatic nitrogens is 5. The van der Waals surface area contributed by atoms with E-state index in [4.69, 9.17) is 0 Å². The smallest absolute Gasteiger partial charge is 0.224 e. The molecule has 0 bridgehead atoms. The van der Waals surface area contributed by atoms with Crippen molar-refractivity contribution in [2.75, 3.05) is 11.9 Å². The number of hydrogen-bond donors (Lipinski definition) is 1. The Morgan fingerprint density at radius 3 is 2.76 bits per heavy atom. The standard InChI is InChI=1S/C14H13BrN6/c15-12-9-19-14(20-13(12)21-8-7-17-10-21)18-6-3-11-1-4-16-5-2-11/h1-2,4-5,7-10H,3,6H2,(H,18,19,20). The molecule has 0 fully saturated rings. The second-order valence-corrected chi connectivity index (χ2v) is 5.22. The van der Waals surface area contributed by atoms with Crippen LogP contribution < -0.4 is 5.32 Å². The summed E-state index contributed by atoms with van der Waals surface area (Å²) in [5.74, 6) is 1.35. The van der Waals surface area contributed by atoms with Gasteiger partial charge in [0.05, 0.1) is 4.47 Å². The number of hydrogen-bond acceptors (Lipinski definition) is 5. The molecule has 3 aromatic heterocycles. The fourth-order valence-corrected chi connectivity index (χ4v) is 2.27. The van der Waals surface area contributed by atoms with Gasteiger partial charge in [-0.05, 0) is 40.0 Å². The molecule has 21 heavy (non-hydrogen) atoms. The van der Waals surface area contributed by atoms with Gasteiger partial charge >= 0.3 is 0 Å². The molecule has 0 aliphatic heterocycles. The molecular formula is C14H13BrN6. The molecule has 0 aliphatic carbocycles. The van der Waals surface area contributed by atoms with Gasteiger partial charge in [-0.2, -0.15) is 4.98 Å². The lowest BCUT2D eigenvalue weighted by Crippen LogP contribution is -2.09. The van der Waals surface area contributed by atoms with Crippen molar-refractivity contribution in [3.8, 4) is 5.82 Å². The van der Waals surface area contributed by atoms with Gasteiger partial charge in [-0.1, -0.05) is 0 Å². The van der Waals surface area contributed by atoms with E-state index in [0.717, 1.165) is 23.3 Å². The van der Waals surface area contributed by atoms with E-state index in [0.29, 0.717) is 5.95 Å². The molecule has 3 heterocycles. The third kappa shape index (κ3) is 3.43. The summed E-state index contributed by atoms with van der Waals surface area (Å²) in [7, 11) is 0. The van der Waals surface area contributed by atoms with Crippen LogP contribution in [0.1, 0.15) is 5.56 Å². The number of pyridine rings is 1. The van der Waals surface area contributed by atoms with Gasteiger partial charge in [0.25, 0.3) is 0 Å². The molecule has 0 amide bonds. The maximum Gasteiger partial charge on any atom is 0.224 e. The highest BCUT2D eigenvalue weighted by molar-refractivity contribution is 9.10. The van der Waals surface area contributed by atoms with E-state index in [-0.39, 0.29) is 0 Å². The number of halogens is 1. The molecule has 3 aromatic rings.